The Kier molecular flexibility index (Phi) is 8.02. The standard InChI is InChI=1S/C30H35NO3/c1-22(32)30(25-17-18-28(33-2)29(20-25)34-3)31-19-11-10-16-26(31)21-27(23-12-6-4-7-13-23)24-14-8-5-9-15-24/h4-9,12-15,17-18,20,26-27,30H,10-11,16,19,21H2,1-3H3. The fraction of sp³-hybridized carbons (Fsp3) is 0.367. The summed E-state index contributed by atoms with van der Waals surface area (Å²) >= 11 is 0. The van der Waals surface area contributed by atoms with Gasteiger partial charge in [0.25, 0.3) is 0 Å². The molecule has 4 nitrogen and oxygen atoms in total. The second kappa shape index (κ2) is 11.3. The number of benzene rings is 3. The molecule has 1 aliphatic rings. The SMILES string of the molecule is COc1ccc(C(C(C)=O)N2CCCCC2CC(c2ccccc2)c2ccccc2)cc1OC. The molecule has 0 radical (unpaired) electrons. The third-order valence-corrected chi connectivity index (χ3v) is 7.02. The maximum Gasteiger partial charge on any atom is 0.161 e. The number of methoxy groups -OCH3 is 2. The number of hydrogen-bond acceptors (Lipinski definition) is 4. The van der Waals surface area contributed by atoms with Crippen LogP contribution in [0.3, 0.4) is 0 Å². The normalized spacial score (nSPS) is 17.4. The zero-order chi connectivity index (χ0) is 23.9. The molecule has 0 bridgehead atoms. The van der Waals surface area contributed by atoms with E-state index in [4.69, 9.17) is 9.47 Å². The van der Waals surface area contributed by atoms with Crippen molar-refractivity contribution in [3.63, 3.8) is 0 Å². The van der Waals surface area contributed by atoms with E-state index in [0.717, 1.165) is 31.4 Å². The van der Waals surface area contributed by atoms with Gasteiger partial charge in [-0.15, -0.1) is 0 Å². The molecular formula is C30H35NO3. The smallest absolute Gasteiger partial charge is 0.161 e. The van der Waals surface area contributed by atoms with Crippen molar-refractivity contribution in [1.82, 2.24) is 4.90 Å². The van der Waals surface area contributed by atoms with Crippen LogP contribution in [0.1, 0.15) is 61.3 Å². The van der Waals surface area contributed by atoms with E-state index in [-0.39, 0.29) is 17.7 Å². The van der Waals surface area contributed by atoms with Gasteiger partial charge in [0.05, 0.1) is 20.3 Å². The van der Waals surface area contributed by atoms with Gasteiger partial charge in [0.2, 0.25) is 0 Å². The topological polar surface area (TPSA) is 38.8 Å². The van der Waals surface area contributed by atoms with Gasteiger partial charge in [-0.25, -0.2) is 0 Å². The summed E-state index contributed by atoms with van der Waals surface area (Å²) in [4.78, 5) is 15.5. The molecule has 1 saturated heterocycles. The number of carbonyl (C=O) groups excluding carboxylic acids is 1. The fourth-order valence-corrected chi connectivity index (χ4v) is 5.41. The van der Waals surface area contributed by atoms with E-state index in [0.29, 0.717) is 17.5 Å². The molecule has 0 amide bonds. The number of likely N-dealkylation sites (tertiary alicyclic amines) is 1. The van der Waals surface area contributed by atoms with Gasteiger partial charge in [-0.05, 0) is 61.6 Å². The van der Waals surface area contributed by atoms with Crippen LogP contribution in [-0.2, 0) is 4.79 Å². The van der Waals surface area contributed by atoms with Gasteiger partial charge in [-0.3, -0.25) is 9.69 Å². The molecule has 0 aliphatic carbocycles. The molecule has 178 valence electrons. The van der Waals surface area contributed by atoms with Crippen LogP contribution in [0.5, 0.6) is 11.5 Å². The van der Waals surface area contributed by atoms with Crippen LogP contribution in [0.4, 0.5) is 0 Å². The molecule has 3 aromatic carbocycles. The molecule has 0 saturated carbocycles. The maximum atomic E-state index is 13.1. The largest absolute Gasteiger partial charge is 0.493 e. The van der Waals surface area contributed by atoms with Gasteiger partial charge >= 0.3 is 0 Å². The summed E-state index contributed by atoms with van der Waals surface area (Å²) in [6.07, 6.45) is 4.36. The minimum absolute atomic E-state index is 0.162. The number of hydrogen-bond donors (Lipinski definition) is 0. The second-order valence-corrected chi connectivity index (χ2v) is 9.12. The first-order valence-corrected chi connectivity index (χ1v) is 12.2. The molecule has 1 aliphatic heterocycles. The van der Waals surface area contributed by atoms with Crippen LogP contribution in [0.2, 0.25) is 0 Å². The van der Waals surface area contributed by atoms with Crippen LogP contribution in [0.15, 0.2) is 78.9 Å². The predicted molar refractivity (Wildman–Crippen MR) is 137 cm³/mol. The quantitative estimate of drug-likeness (QED) is 0.372. The Balaban J connectivity index is 1.68. The van der Waals surface area contributed by atoms with Crippen molar-refractivity contribution in [3.8, 4) is 11.5 Å². The third-order valence-electron chi connectivity index (χ3n) is 7.02. The Morgan fingerprint density at radius 1 is 0.853 bits per heavy atom. The Morgan fingerprint density at radius 3 is 2.03 bits per heavy atom. The molecule has 0 N–H and O–H groups in total. The molecule has 34 heavy (non-hydrogen) atoms. The Hall–Kier alpha value is -3.11. The molecule has 4 rings (SSSR count). The highest BCUT2D eigenvalue weighted by atomic mass is 16.5. The lowest BCUT2D eigenvalue weighted by molar-refractivity contribution is -0.124. The average Bonchev–Trinajstić information content (AvgIpc) is 2.89. The van der Waals surface area contributed by atoms with E-state index in [2.05, 4.69) is 65.6 Å². The van der Waals surface area contributed by atoms with Crippen LogP contribution < -0.4 is 9.47 Å². The van der Waals surface area contributed by atoms with E-state index in [1.54, 1.807) is 21.1 Å². The highest BCUT2D eigenvalue weighted by Crippen LogP contribution is 2.39. The van der Waals surface area contributed by atoms with Crippen LogP contribution in [0.25, 0.3) is 0 Å². The van der Waals surface area contributed by atoms with Gasteiger partial charge in [-0.1, -0.05) is 73.2 Å². The molecule has 1 fully saturated rings. The minimum Gasteiger partial charge on any atom is -0.493 e. The van der Waals surface area contributed by atoms with E-state index in [1.807, 2.05) is 18.2 Å². The molecule has 3 aromatic rings. The number of ether oxygens (including phenoxy) is 2. The third kappa shape index (κ3) is 5.34. The van der Waals surface area contributed by atoms with Crippen LogP contribution in [-0.4, -0.2) is 37.5 Å². The van der Waals surface area contributed by atoms with Gasteiger partial charge in [-0.2, -0.15) is 0 Å². The number of ketones is 1. The zero-order valence-electron chi connectivity index (χ0n) is 20.4. The lowest BCUT2D eigenvalue weighted by Crippen LogP contribution is -2.45. The van der Waals surface area contributed by atoms with Crippen molar-refractivity contribution >= 4 is 5.78 Å². The number of rotatable bonds is 9. The molecule has 2 unspecified atom stereocenters. The lowest BCUT2D eigenvalue weighted by atomic mass is 9.82. The highest BCUT2D eigenvalue weighted by molar-refractivity contribution is 5.83. The van der Waals surface area contributed by atoms with Crippen molar-refractivity contribution in [3.05, 3.63) is 95.6 Å². The summed E-state index contributed by atoms with van der Waals surface area (Å²) in [5, 5.41) is 0. The van der Waals surface area contributed by atoms with Crippen molar-refractivity contribution in [2.75, 3.05) is 20.8 Å². The van der Waals surface area contributed by atoms with Crippen molar-refractivity contribution < 1.29 is 14.3 Å². The maximum absolute atomic E-state index is 13.1. The summed E-state index contributed by atoms with van der Waals surface area (Å²) in [5.41, 5.74) is 3.61. The van der Waals surface area contributed by atoms with Crippen molar-refractivity contribution in [2.24, 2.45) is 0 Å². The summed E-state index contributed by atoms with van der Waals surface area (Å²) in [6.45, 7) is 2.62. The van der Waals surface area contributed by atoms with Crippen molar-refractivity contribution in [1.29, 1.82) is 0 Å². The molecular weight excluding hydrogens is 422 g/mol. The first kappa shape index (κ1) is 24.0. The fourth-order valence-electron chi connectivity index (χ4n) is 5.41. The van der Waals surface area contributed by atoms with Crippen LogP contribution in [0, 0.1) is 0 Å². The summed E-state index contributed by atoms with van der Waals surface area (Å²) in [6, 6.07) is 27.4. The van der Waals surface area contributed by atoms with Gasteiger partial charge in [0.1, 0.15) is 0 Å². The Morgan fingerprint density at radius 2 is 1.47 bits per heavy atom. The van der Waals surface area contributed by atoms with Gasteiger partial charge in [0, 0.05) is 12.0 Å². The Labute approximate surface area is 203 Å². The van der Waals surface area contributed by atoms with E-state index < -0.39 is 0 Å². The van der Waals surface area contributed by atoms with Crippen molar-refractivity contribution in [2.45, 2.75) is 50.6 Å². The summed E-state index contributed by atoms with van der Waals surface area (Å²) in [5.74, 6) is 1.78. The second-order valence-electron chi connectivity index (χ2n) is 9.12. The molecule has 2 atom stereocenters. The first-order valence-electron chi connectivity index (χ1n) is 12.2. The molecule has 0 aromatic heterocycles. The number of nitrogens with zero attached hydrogens (tertiary/aromatic N) is 1. The van der Waals surface area contributed by atoms with E-state index in [1.165, 1.54) is 17.5 Å². The highest BCUT2D eigenvalue weighted by Gasteiger charge is 2.35. The number of piperidine rings is 1. The van der Waals surface area contributed by atoms with E-state index >= 15 is 0 Å². The predicted octanol–water partition coefficient (Wildman–Crippen LogP) is 6.41. The molecule has 1 heterocycles. The summed E-state index contributed by atoms with van der Waals surface area (Å²) < 4.78 is 11.0. The average molecular weight is 458 g/mol. The molecule has 4 heteroatoms. The Bertz CT molecular complexity index is 1030. The number of carbonyl (C=O) groups is 1. The van der Waals surface area contributed by atoms with E-state index in [9.17, 15) is 4.79 Å². The summed E-state index contributed by atoms with van der Waals surface area (Å²) in [7, 11) is 3.27. The monoisotopic (exact) mass is 457 g/mol. The van der Waals surface area contributed by atoms with Gasteiger partial charge in [0.15, 0.2) is 17.3 Å². The number of Topliss-reactive ketones (excluding diaryl/α,β-unsaturated/α-hetero) is 1. The van der Waals surface area contributed by atoms with Crippen LogP contribution >= 0.6 is 0 Å². The first-order chi connectivity index (χ1) is 16.6. The van der Waals surface area contributed by atoms with Gasteiger partial charge < -0.3 is 9.47 Å². The zero-order valence-corrected chi connectivity index (χ0v) is 20.4. The minimum atomic E-state index is -0.294. The lowest BCUT2D eigenvalue weighted by Gasteiger charge is -2.42. The molecule has 0 spiro atoms.